The van der Waals surface area contributed by atoms with Crippen molar-refractivity contribution in [3.8, 4) is 11.5 Å². The zero-order valence-electron chi connectivity index (χ0n) is 16.2. The Balaban J connectivity index is 2.14. The van der Waals surface area contributed by atoms with Gasteiger partial charge in [-0.05, 0) is 36.2 Å². The molecule has 144 valence electrons. The van der Waals surface area contributed by atoms with Gasteiger partial charge in [-0.3, -0.25) is 9.59 Å². The van der Waals surface area contributed by atoms with Crippen LogP contribution in [0, 0.1) is 5.92 Å². The highest BCUT2D eigenvalue weighted by molar-refractivity contribution is 6.04. The number of amides is 2. The van der Waals surface area contributed by atoms with E-state index in [0.717, 1.165) is 0 Å². The van der Waals surface area contributed by atoms with E-state index in [2.05, 4.69) is 10.6 Å². The van der Waals surface area contributed by atoms with Crippen LogP contribution in [0.2, 0.25) is 0 Å². The van der Waals surface area contributed by atoms with Gasteiger partial charge in [0, 0.05) is 12.1 Å². The van der Waals surface area contributed by atoms with Crippen LogP contribution in [0.4, 0.5) is 5.69 Å². The first-order chi connectivity index (χ1) is 12.9. The summed E-state index contributed by atoms with van der Waals surface area (Å²) in [5.74, 6) is 1.14. The molecule has 2 aromatic rings. The van der Waals surface area contributed by atoms with Crippen LogP contribution < -0.4 is 20.1 Å². The zero-order chi connectivity index (χ0) is 19.8. The molecule has 2 rings (SSSR count). The minimum atomic E-state index is -0.245. The monoisotopic (exact) mass is 370 g/mol. The molecule has 2 N–H and O–H groups in total. The lowest BCUT2D eigenvalue weighted by atomic mass is 10.1. The number of carbonyl (C=O) groups is 2. The van der Waals surface area contributed by atoms with Crippen LogP contribution in [0.25, 0.3) is 0 Å². The fraction of sp³-hybridized carbons (Fsp3) is 0.333. The second kappa shape index (κ2) is 9.62. The zero-order valence-corrected chi connectivity index (χ0v) is 16.2. The summed E-state index contributed by atoms with van der Waals surface area (Å²) in [6.07, 6.45) is 0.0995. The standard InChI is InChI=1S/C21H26N2O4/c1-14(2)13-22-21(25)17-7-5-6-8-18(17)23-20(24)12-15-11-16(26-3)9-10-19(15)27-4/h5-11,14H,12-13H2,1-4H3,(H,22,25)(H,23,24). The Hall–Kier alpha value is -3.02. The lowest BCUT2D eigenvalue weighted by Crippen LogP contribution is -2.28. The van der Waals surface area contributed by atoms with Gasteiger partial charge in [-0.2, -0.15) is 0 Å². The SMILES string of the molecule is COc1ccc(OC)c(CC(=O)Nc2ccccc2C(=O)NCC(C)C)c1. The first-order valence-corrected chi connectivity index (χ1v) is 8.82. The molecule has 2 aromatic carbocycles. The minimum Gasteiger partial charge on any atom is -0.497 e. The fourth-order valence-corrected chi connectivity index (χ4v) is 2.57. The van der Waals surface area contributed by atoms with Crippen LogP contribution in [0.5, 0.6) is 11.5 Å². The lowest BCUT2D eigenvalue weighted by molar-refractivity contribution is -0.115. The first kappa shape index (κ1) is 20.3. The summed E-state index contributed by atoms with van der Waals surface area (Å²) in [4.78, 5) is 24.9. The molecule has 0 saturated carbocycles. The number of carbonyl (C=O) groups excluding carboxylic acids is 2. The molecule has 6 heteroatoms. The van der Waals surface area contributed by atoms with Crippen LogP contribution in [-0.2, 0) is 11.2 Å². The Bertz CT molecular complexity index is 803. The van der Waals surface area contributed by atoms with E-state index in [9.17, 15) is 9.59 Å². The van der Waals surface area contributed by atoms with Crippen LogP contribution in [-0.4, -0.2) is 32.6 Å². The van der Waals surface area contributed by atoms with E-state index < -0.39 is 0 Å². The van der Waals surface area contributed by atoms with Gasteiger partial charge in [-0.1, -0.05) is 26.0 Å². The largest absolute Gasteiger partial charge is 0.497 e. The number of anilines is 1. The van der Waals surface area contributed by atoms with Crippen molar-refractivity contribution >= 4 is 17.5 Å². The second-order valence-corrected chi connectivity index (χ2v) is 6.55. The average Bonchev–Trinajstić information content (AvgIpc) is 2.66. The maximum Gasteiger partial charge on any atom is 0.253 e. The van der Waals surface area contributed by atoms with E-state index in [-0.39, 0.29) is 18.2 Å². The van der Waals surface area contributed by atoms with Crippen molar-refractivity contribution in [3.05, 3.63) is 53.6 Å². The maximum absolute atomic E-state index is 12.6. The average molecular weight is 370 g/mol. The van der Waals surface area contributed by atoms with Crippen molar-refractivity contribution in [1.29, 1.82) is 0 Å². The van der Waals surface area contributed by atoms with Crippen molar-refractivity contribution in [2.75, 3.05) is 26.1 Å². The van der Waals surface area contributed by atoms with Gasteiger partial charge in [0.25, 0.3) is 5.91 Å². The quantitative estimate of drug-likeness (QED) is 0.748. The molecule has 0 unspecified atom stereocenters. The highest BCUT2D eigenvalue weighted by atomic mass is 16.5. The van der Waals surface area contributed by atoms with E-state index >= 15 is 0 Å². The third-order valence-corrected chi connectivity index (χ3v) is 3.96. The van der Waals surface area contributed by atoms with Gasteiger partial charge >= 0.3 is 0 Å². The molecule has 27 heavy (non-hydrogen) atoms. The molecule has 0 fully saturated rings. The van der Waals surface area contributed by atoms with Crippen LogP contribution >= 0.6 is 0 Å². The molecule has 0 aliphatic heterocycles. The Morgan fingerprint density at radius 1 is 1.04 bits per heavy atom. The Morgan fingerprint density at radius 2 is 1.78 bits per heavy atom. The smallest absolute Gasteiger partial charge is 0.253 e. The number of rotatable bonds is 8. The third-order valence-electron chi connectivity index (χ3n) is 3.96. The lowest BCUT2D eigenvalue weighted by Gasteiger charge is -2.14. The number of methoxy groups -OCH3 is 2. The highest BCUT2D eigenvalue weighted by Gasteiger charge is 2.15. The second-order valence-electron chi connectivity index (χ2n) is 6.55. The summed E-state index contributed by atoms with van der Waals surface area (Å²) in [6, 6.07) is 12.2. The molecule has 0 saturated heterocycles. The van der Waals surface area contributed by atoms with Gasteiger partial charge in [0.2, 0.25) is 5.91 Å². The Kier molecular flexibility index (Phi) is 7.23. The fourth-order valence-electron chi connectivity index (χ4n) is 2.57. The predicted octanol–water partition coefficient (Wildman–Crippen LogP) is 3.27. The highest BCUT2D eigenvalue weighted by Crippen LogP contribution is 2.25. The molecule has 6 nitrogen and oxygen atoms in total. The van der Waals surface area contributed by atoms with E-state index in [4.69, 9.17) is 9.47 Å². The van der Waals surface area contributed by atoms with Gasteiger partial charge < -0.3 is 20.1 Å². The van der Waals surface area contributed by atoms with E-state index in [1.165, 1.54) is 0 Å². The summed E-state index contributed by atoms with van der Waals surface area (Å²) in [7, 11) is 3.12. The summed E-state index contributed by atoms with van der Waals surface area (Å²) in [5.41, 5.74) is 1.62. The summed E-state index contributed by atoms with van der Waals surface area (Å²) >= 11 is 0. The van der Waals surface area contributed by atoms with Gasteiger partial charge in [0.15, 0.2) is 0 Å². The van der Waals surface area contributed by atoms with Crippen molar-refractivity contribution < 1.29 is 19.1 Å². The minimum absolute atomic E-state index is 0.0995. The molecule has 0 aliphatic rings. The number of hydrogen-bond acceptors (Lipinski definition) is 4. The van der Waals surface area contributed by atoms with Gasteiger partial charge in [-0.15, -0.1) is 0 Å². The Labute approximate surface area is 159 Å². The number of hydrogen-bond donors (Lipinski definition) is 2. The van der Waals surface area contributed by atoms with Gasteiger partial charge in [0.1, 0.15) is 11.5 Å². The van der Waals surface area contributed by atoms with Crippen LogP contribution in [0.15, 0.2) is 42.5 Å². The molecule has 0 radical (unpaired) electrons. The number of nitrogens with one attached hydrogen (secondary N) is 2. The maximum atomic E-state index is 12.6. The van der Waals surface area contributed by atoms with Crippen LogP contribution in [0.3, 0.4) is 0 Å². The molecule has 0 atom stereocenters. The summed E-state index contributed by atoms with van der Waals surface area (Å²) < 4.78 is 10.5. The van der Waals surface area contributed by atoms with Crippen molar-refractivity contribution in [3.63, 3.8) is 0 Å². The van der Waals surface area contributed by atoms with Crippen molar-refractivity contribution in [2.24, 2.45) is 5.92 Å². The number of benzene rings is 2. The summed E-state index contributed by atoms with van der Waals surface area (Å²) in [6.45, 7) is 4.62. The molecule has 0 spiro atoms. The molecule has 0 heterocycles. The summed E-state index contributed by atoms with van der Waals surface area (Å²) in [5, 5.41) is 5.69. The molecular formula is C21H26N2O4. The number of ether oxygens (including phenoxy) is 2. The van der Waals surface area contributed by atoms with Gasteiger partial charge in [-0.25, -0.2) is 0 Å². The Morgan fingerprint density at radius 3 is 2.44 bits per heavy atom. The third kappa shape index (κ3) is 5.74. The van der Waals surface area contributed by atoms with Crippen LogP contribution in [0.1, 0.15) is 29.8 Å². The normalized spacial score (nSPS) is 10.4. The van der Waals surface area contributed by atoms with E-state index in [0.29, 0.717) is 40.8 Å². The predicted molar refractivity (Wildman–Crippen MR) is 105 cm³/mol. The molecule has 0 bridgehead atoms. The van der Waals surface area contributed by atoms with E-state index in [1.807, 2.05) is 13.8 Å². The molecular weight excluding hydrogens is 344 g/mol. The first-order valence-electron chi connectivity index (χ1n) is 8.82. The van der Waals surface area contributed by atoms with Crippen molar-refractivity contribution in [1.82, 2.24) is 5.32 Å². The van der Waals surface area contributed by atoms with Gasteiger partial charge in [0.05, 0.1) is 31.9 Å². The van der Waals surface area contributed by atoms with E-state index in [1.54, 1.807) is 56.7 Å². The topological polar surface area (TPSA) is 76.7 Å². The molecule has 0 aromatic heterocycles. The molecule has 2 amide bonds. The van der Waals surface area contributed by atoms with Crippen molar-refractivity contribution in [2.45, 2.75) is 20.3 Å². The molecule has 0 aliphatic carbocycles. The number of para-hydroxylation sites is 1.